The van der Waals surface area contributed by atoms with Crippen molar-refractivity contribution in [3.63, 3.8) is 0 Å². The average molecular weight is 822 g/mol. The maximum absolute atomic E-state index is 12.9. The van der Waals surface area contributed by atoms with E-state index in [1.165, 1.54) is 135 Å². The standard InChI is InChI=1S/C49H91NO8/c1-3-5-7-9-11-13-15-17-18-19-20-21-22-23-24-25-27-28-30-32-34-36-38-43(52)42(41-57-49-48(56)47(55)46(54)44(40-51)58-49)50-45(53)39-37-35-33-31-29-26-16-14-12-10-8-6-4-2/h14,16,28,30,36,38,42-44,46-49,51-52,54-56H,3-13,15,17-27,29,31-35,37,39-41H2,1-2H3,(H,50,53)/b16-14-,30-28+,38-36+. The van der Waals surface area contributed by atoms with Crippen LogP contribution in [0, 0.1) is 0 Å². The van der Waals surface area contributed by atoms with Crippen molar-refractivity contribution in [2.24, 2.45) is 0 Å². The van der Waals surface area contributed by atoms with Gasteiger partial charge in [0.15, 0.2) is 6.29 Å². The Kier molecular flexibility index (Phi) is 37.1. The molecule has 9 nitrogen and oxygen atoms in total. The number of nitrogens with one attached hydrogen (secondary N) is 1. The highest BCUT2D eigenvalue weighted by Crippen LogP contribution is 2.22. The van der Waals surface area contributed by atoms with Crippen LogP contribution in [0.5, 0.6) is 0 Å². The van der Waals surface area contributed by atoms with Gasteiger partial charge in [-0.2, -0.15) is 0 Å². The first-order valence-corrected chi connectivity index (χ1v) is 24.2. The topological polar surface area (TPSA) is 149 Å². The molecule has 7 unspecified atom stereocenters. The molecular formula is C49H91NO8. The number of unbranched alkanes of at least 4 members (excludes halogenated alkanes) is 26. The molecule has 7 atom stereocenters. The highest BCUT2D eigenvalue weighted by molar-refractivity contribution is 5.76. The van der Waals surface area contributed by atoms with E-state index in [-0.39, 0.29) is 12.5 Å². The molecule has 1 amide bonds. The van der Waals surface area contributed by atoms with Gasteiger partial charge in [0.25, 0.3) is 0 Å². The first-order chi connectivity index (χ1) is 28.3. The minimum Gasteiger partial charge on any atom is -0.394 e. The molecule has 0 bridgehead atoms. The Hall–Kier alpha value is -1.59. The van der Waals surface area contributed by atoms with Crippen LogP contribution in [0.25, 0.3) is 0 Å². The number of carbonyl (C=O) groups excluding carboxylic acids is 1. The number of carbonyl (C=O) groups is 1. The van der Waals surface area contributed by atoms with Gasteiger partial charge in [0, 0.05) is 6.42 Å². The molecule has 0 aliphatic carbocycles. The number of aliphatic hydroxyl groups is 5. The Morgan fingerprint density at radius 3 is 1.47 bits per heavy atom. The van der Waals surface area contributed by atoms with Gasteiger partial charge < -0.3 is 40.3 Å². The van der Waals surface area contributed by atoms with Gasteiger partial charge in [-0.25, -0.2) is 0 Å². The maximum atomic E-state index is 12.9. The number of allylic oxidation sites excluding steroid dienone is 5. The lowest BCUT2D eigenvalue weighted by Crippen LogP contribution is -2.60. The zero-order valence-corrected chi connectivity index (χ0v) is 37.3. The van der Waals surface area contributed by atoms with Crippen LogP contribution >= 0.6 is 0 Å². The molecule has 1 saturated heterocycles. The number of amides is 1. The second-order valence-corrected chi connectivity index (χ2v) is 16.9. The lowest BCUT2D eigenvalue weighted by molar-refractivity contribution is -0.302. The van der Waals surface area contributed by atoms with Gasteiger partial charge >= 0.3 is 0 Å². The van der Waals surface area contributed by atoms with Crippen molar-refractivity contribution in [2.75, 3.05) is 13.2 Å². The van der Waals surface area contributed by atoms with Crippen molar-refractivity contribution in [2.45, 2.75) is 256 Å². The number of aliphatic hydroxyl groups excluding tert-OH is 5. The monoisotopic (exact) mass is 822 g/mol. The predicted molar refractivity (Wildman–Crippen MR) is 240 cm³/mol. The summed E-state index contributed by atoms with van der Waals surface area (Å²) in [5, 5.41) is 54.2. The second kappa shape index (κ2) is 39.5. The van der Waals surface area contributed by atoms with Crippen molar-refractivity contribution in [3.8, 4) is 0 Å². The summed E-state index contributed by atoms with van der Waals surface area (Å²) in [6.07, 6.45) is 42.0. The zero-order valence-electron chi connectivity index (χ0n) is 37.3. The van der Waals surface area contributed by atoms with Crippen LogP contribution in [0.15, 0.2) is 36.5 Å². The van der Waals surface area contributed by atoms with Crippen LogP contribution in [-0.4, -0.2) is 87.5 Å². The van der Waals surface area contributed by atoms with Gasteiger partial charge in [-0.1, -0.05) is 185 Å². The summed E-state index contributed by atoms with van der Waals surface area (Å²) in [6, 6.07) is -0.824. The minimum absolute atomic E-state index is 0.196. The summed E-state index contributed by atoms with van der Waals surface area (Å²) >= 11 is 0. The predicted octanol–water partition coefficient (Wildman–Crippen LogP) is 10.5. The molecular weight excluding hydrogens is 731 g/mol. The van der Waals surface area contributed by atoms with Crippen LogP contribution in [0.3, 0.4) is 0 Å². The lowest BCUT2D eigenvalue weighted by atomic mass is 9.99. The van der Waals surface area contributed by atoms with Gasteiger partial charge in [0.2, 0.25) is 5.91 Å². The highest BCUT2D eigenvalue weighted by Gasteiger charge is 2.44. The molecule has 1 aliphatic rings. The van der Waals surface area contributed by atoms with E-state index in [0.29, 0.717) is 6.42 Å². The molecule has 0 aromatic heterocycles. The van der Waals surface area contributed by atoms with E-state index >= 15 is 0 Å². The molecule has 1 fully saturated rings. The molecule has 0 aromatic rings. The van der Waals surface area contributed by atoms with E-state index < -0.39 is 49.5 Å². The molecule has 1 aliphatic heterocycles. The van der Waals surface area contributed by atoms with Crippen molar-refractivity contribution in [1.29, 1.82) is 0 Å². The fourth-order valence-electron chi connectivity index (χ4n) is 7.52. The van der Waals surface area contributed by atoms with E-state index in [4.69, 9.17) is 9.47 Å². The molecule has 0 saturated carbocycles. The Morgan fingerprint density at radius 2 is 0.983 bits per heavy atom. The number of rotatable bonds is 40. The third-order valence-corrected chi connectivity index (χ3v) is 11.4. The molecule has 340 valence electrons. The SMILES string of the molecule is CCCCCC/C=C\CCCCCCCC(=O)NC(COC1OC(CO)C(O)C(O)C1O)C(O)/C=C/CC/C=C/CCCCCCCCCCCCCCCCCC. The number of ether oxygens (including phenoxy) is 2. The third-order valence-electron chi connectivity index (χ3n) is 11.4. The quantitative estimate of drug-likeness (QED) is 0.0264. The molecule has 58 heavy (non-hydrogen) atoms. The molecule has 1 heterocycles. The molecule has 6 N–H and O–H groups in total. The zero-order chi connectivity index (χ0) is 42.3. The Morgan fingerprint density at radius 1 is 0.569 bits per heavy atom. The van der Waals surface area contributed by atoms with Crippen molar-refractivity contribution in [3.05, 3.63) is 36.5 Å². The summed E-state index contributed by atoms with van der Waals surface area (Å²) in [7, 11) is 0. The largest absolute Gasteiger partial charge is 0.394 e. The van der Waals surface area contributed by atoms with Crippen molar-refractivity contribution in [1.82, 2.24) is 5.32 Å². The Bertz CT molecular complexity index is 1000. The van der Waals surface area contributed by atoms with E-state index in [1.807, 2.05) is 6.08 Å². The summed E-state index contributed by atoms with van der Waals surface area (Å²) in [5.74, 6) is -0.196. The van der Waals surface area contributed by atoms with Gasteiger partial charge in [0.05, 0.1) is 25.4 Å². The van der Waals surface area contributed by atoms with E-state index in [9.17, 15) is 30.3 Å². The molecule has 1 rings (SSSR count). The van der Waals surface area contributed by atoms with Crippen LogP contribution in [0.1, 0.15) is 213 Å². The van der Waals surface area contributed by atoms with Gasteiger partial charge in [-0.05, 0) is 57.8 Å². The molecule has 0 aromatic carbocycles. The van der Waals surface area contributed by atoms with Crippen LogP contribution in [0.2, 0.25) is 0 Å². The fourth-order valence-corrected chi connectivity index (χ4v) is 7.52. The highest BCUT2D eigenvalue weighted by atomic mass is 16.7. The smallest absolute Gasteiger partial charge is 0.220 e. The van der Waals surface area contributed by atoms with Gasteiger partial charge in [-0.3, -0.25) is 4.79 Å². The van der Waals surface area contributed by atoms with Crippen LogP contribution in [-0.2, 0) is 14.3 Å². The molecule has 0 spiro atoms. The number of hydrogen-bond donors (Lipinski definition) is 6. The van der Waals surface area contributed by atoms with Gasteiger partial charge in [-0.15, -0.1) is 0 Å². The van der Waals surface area contributed by atoms with Crippen molar-refractivity contribution >= 4 is 5.91 Å². The lowest BCUT2D eigenvalue weighted by Gasteiger charge is -2.40. The van der Waals surface area contributed by atoms with E-state index in [1.54, 1.807) is 6.08 Å². The third kappa shape index (κ3) is 29.6. The number of hydrogen-bond acceptors (Lipinski definition) is 8. The van der Waals surface area contributed by atoms with Crippen molar-refractivity contribution < 1.29 is 39.8 Å². The molecule has 9 heteroatoms. The van der Waals surface area contributed by atoms with Gasteiger partial charge in [0.1, 0.15) is 24.4 Å². The Labute approximate surface area is 355 Å². The summed E-state index contributed by atoms with van der Waals surface area (Å²) in [4.78, 5) is 12.9. The maximum Gasteiger partial charge on any atom is 0.220 e. The summed E-state index contributed by atoms with van der Waals surface area (Å²) in [5.41, 5.74) is 0. The first-order valence-electron chi connectivity index (χ1n) is 24.2. The van der Waals surface area contributed by atoms with E-state index in [0.717, 1.165) is 57.8 Å². The minimum atomic E-state index is -1.57. The van der Waals surface area contributed by atoms with Crippen LogP contribution < -0.4 is 5.32 Å². The fraction of sp³-hybridized carbons (Fsp3) is 0.857. The second-order valence-electron chi connectivity index (χ2n) is 16.9. The van der Waals surface area contributed by atoms with Crippen LogP contribution in [0.4, 0.5) is 0 Å². The Balaban J connectivity index is 2.34. The normalized spacial score (nSPS) is 21.1. The first kappa shape index (κ1) is 54.4. The van der Waals surface area contributed by atoms with E-state index in [2.05, 4.69) is 43.5 Å². The summed E-state index contributed by atoms with van der Waals surface area (Å²) in [6.45, 7) is 3.74. The summed E-state index contributed by atoms with van der Waals surface area (Å²) < 4.78 is 11.2. The average Bonchev–Trinajstić information content (AvgIpc) is 3.22. The molecule has 0 radical (unpaired) electrons.